The molecular formula is C29H43N3O6. The number of rotatable bonds is 10. The van der Waals surface area contributed by atoms with Gasteiger partial charge in [0.2, 0.25) is 17.7 Å². The summed E-state index contributed by atoms with van der Waals surface area (Å²) >= 11 is 0. The largest absolute Gasteiger partial charge is 0.494 e. The Balaban J connectivity index is 1.66. The van der Waals surface area contributed by atoms with Gasteiger partial charge in [-0.25, -0.2) is 0 Å². The Morgan fingerprint density at radius 2 is 1.84 bits per heavy atom. The Kier molecular flexibility index (Phi) is 7.83. The third kappa shape index (κ3) is 4.91. The summed E-state index contributed by atoms with van der Waals surface area (Å²) in [6, 6.07) is 6.33. The first-order chi connectivity index (χ1) is 17.9. The Labute approximate surface area is 225 Å². The fourth-order valence-electron chi connectivity index (χ4n) is 6.71. The summed E-state index contributed by atoms with van der Waals surface area (Å²) in [7, 11) is 0. The molecule has 2 bridgehead atoms. The molecule has 3 fully saturated rings. The maximum absolute atomic E-state index is 14.1. The highest BCUT2D eigenvalue weighted by Gasteiger charge is 2.79. The summed E-state index contributed by atoms with van der Waals surface area (Å²) in [5.74, 6) is -1.53. The van der Waals surface area contributed by atoms with Crippen molar-refractivity contribution in [3.63, 3.8) is 0 Å². The minimum Gasteiger partial charge on any atom is -0.494 e. The highest BCUT2D eigenvalue weighted by molar-refractivity contribution is 6.02. The van der Waals surface area contributed by atoms with Gasteiger partial charge < -0.3 is 30.1 Å². The van der Waals surface area contributed by atoms with Crippen molar-refractivity contribution in [1.29, 1.82) is 0 Å². The number of nitrogens with zero attached hydrogens (tertiary/aromatic N) is 1. The first-order valence-corrected chi connectivity index (χ1v) is 13.8. The molecule has 3 saturated heterocycles. The minimum absolute atomic E-state index is 0.0260. The van der Waals surface area contributed by atoms with Crippen molar-refractivity contribution >= 4 is 23.4 Å². The average Bonchev–Trinajstić information content (AvgIpc) is 3.34. The molecule has 9 nitrogen and oxygen atoms in total. The van der Waals surface area contributed by atoms with Crippen LogP contribution in [0.2, 0.25) is 0 Å². The normalized spacial score (nSPS) is 31.9. The predicted octanol–water partition coefficient (Wildman–Crippen LogP) is 3.11. The van der Waals surface area contributed by atoms with Gasteiger partial charge in [-0.05, 0) is 90.5 Å². The average molecular weight is 530 g/mol. The van der Waals surface area contributed by atoms with Gasteiger partial charge in [0.05, 0.1) is 24.0 Å². The van der Waals surface area contributed by atoms with Crippen molar-refractivity contribution in [3.05, 3.63) is 24.3 Å². The number of amides is 3. The molecule has 210 valence electrons. The molecule has 4 rings (SSSR count). The monoisotopic (exact) mass is 529 g/mol. The fourth-order valence-corrected chi connectivity index (χ4v) is 6.71. The summed E-state index contributed by atoms with van der Waals surface area (Å²) in [5, 5.41) is 15.3. The van der Waals surface area contributed by atoms with Gasteiger partial charge in [-0.15, -0.1) is 0 Å². The lowest BCUT2D eigenvalue weighted by atomic mass is 9.62. The lowest BCUT2D eigenvalue weighted by molar-refractivity contribution is -0.147. The van der Waals surface area contributed by atoms with Crippen LogP contribution in [0.1, 0.15) is 67.2 Å². The fraction of sp³-hybridized carbons (Fsp3) is 0.690. The van der Waals surface area contributed by atoms with Gasteiger partial charge >= 0.3 is 0 Å². The Morgan fingerprint density at radius 1 is 1.16 bits per heavy atom. The van der Waals surface area contributed by atoms with E-state index >= 15 is 0 Å². The van der Waals surface area contributed by atoms with E-state index in [1.54, 1.807) is 29.2 Å². The van der Waals surface area contributed by atoms with E-state index in [0.717, 1.165) is 6.42 Å². The number of aliphatic hydroxyl groups is 1. The molecule has 9 heteroatoms. The number of benzene rings is 1. The van der Waals surface area contributed by atoms with Gasteiger partial charge in [-0.2, -0.15) is 0 Å². The molecule has 0 radical (unpaired) electrons. The highest BCUT2D eigenvalue weighted by Crippen LogP contribution is 2.65. The maximum atomic E-state index is 14.1. The van der Waals surface area contributed by atoms with Crippen molar-refractivity contribution in [2.75, 3.05) is 25.1 Å². The van der Waals surface area contributed by atoms with Gasteiger partial charge in [0.25, 0.3) is 0 Å². The first kappa shape index (κ1) is 28.4. The molecule has 3 amide bonds. The lowest BCUT2D eigenvalue weighted by Gasteiger charge is -2.37. The van der Waals surface area contributed by atoms with E-state index in [0.29, 0.717) is 43.9 Å². The number of hydrogen-bond acceptors (Lipinski definition) is 6. The Bertz CT molecular complexity index is 1050. The van der Waals surface area contributed by atoms with E-state index < -0.39 is 34.6 Å². The molecule has 0 saturated carbocycles. The molecule has 3 aliphatic heterocycles. The number of fused-ring (bicyclic) bond motifs is 1. The number of hydrogen-bond donors (Lipinski definition) is 3. The van der Waals surface area contributed by atoms with Crippen LogP contribution in [0.25, 0.3) is 0 Å². The summed E-state index contributed by atoms with van der Waals surface area (Å²) < 4.78 is 12.2. The van der Waals surface area contributed by atoms with Crippen LogP contribution in [0, 0.1) is 17.8 Å². The van der Waals surface area contributed by atoms with Crippen LogP contribution in [0.5, 0.6) is 5.75 Å². The second-order valence-electron chi connectivity index (χ2n) is 12.2. The Morgan fingerprint density at radius 3 is 2.45 bits per heavy atom. The van der Waals surface area contributed by atoms with E-state index in [-0.39, 0.29) is 30.2 Å². The van der Waals surface area contributed by atoms with E-state index in [4.69, 9.17) is 9.47 Å². The molecule has 1 aromatic rings. The van der Waals surface area contributed by atoms with Crippen molar-refractivity contribution in [2.24, 2.45) is 17.8 Å². The number of carbonyl (C=O) groups is 3. The molecule has 3 aliphatic rings. The zero-order valence-corrected chi connectivity index (χ0v) is 23.5. The van der Waals surface area contributed by atoms with Gasteiger partial charge in [-0.1, -0.05) is 6.92 Å². The predicted molar refractivity (Wildman–Crippen MR) is 144 cm³/mol. The van der Waals surface area contributed by atoms with E-state index in [9.17, 15) is 19.5 Å². The van der Waals surface area contributed by atoms with Crippen LogP contribution in [0.3, 0.4) is 0 Å². The number of aliphatic hydroxyl groups excluding tert-OH is 1. The van der Waals surface area contributed by atoms with Crippen LogP contribution in [0.4, 0.5) is 5.69 Å². The molecule has 1 aromatic carbocycles. The summed E-state index contributed by atoms with van der Waals surface area (Å²) in [4.78, 5) is 43.3. The lowest BCUT2D eigenvalue weighted by Crippen LogP contribution is -2.58. The summed E-state index contributed by atoms with van der Waals surface area (Å²) in [6.07, 6.45) is 2.56. The van der Waals surface area contributed by atoms with Crippen LogP contribution in [0.15, 0.2) is 24.3 Å². The SMILES string of the molecule is CCOc1ccc(NC(=O)[C@H]2[C@H]3C(=O)N(CCCCCO)C(C(=O)NC(C)(C)C)C34CC(C)[C@]2(C)O4)cc1. The third-order valence-electron chi connectivity index (χ3n) is 8.33. The molecule has 0 aromatic heterocycles. The number of nitrogens with one attached hydrogen (secondary N) is 2. The van der Waals surface area contributed by atoms with Crippen molar-refractivity contribution in [1.82, 2.24) is 10.2 Å². The first-order valence-electron chi connectivity index (χ1n) is 13.8. The van der Waals surface area contributed by atoms with Crippen LogP contribution in [-0.4, -0.2) is 70.3 Å². The second kappa shape index (κ2) is 10.5. The number of ether oxygens (including phenoxy) is 2. The van der Waals surface area contributed by atoms with E-state index in [1.807, 2.05) is 41.5 Å². The van der Waals surface area contributed by atoms with Gasteiger partial charge in [0.15, 0.2) is 0 Å². The maximum Gasteiger partial charge on any atom is 0.246 e. The topological polar surface area (TPSA) is 117 Å². The van der Waals surface area contributed by atoms with Crippen LogP contribution >= 0.6 is 0 Å². The molecule has 0 aliphatic carbocycles. The van der Waals surface area contributed by atoms with Crippen LogP contribution in [-0.2, 0) is 19.1 Å². The number of likely N-dealkylation sites (tertiary alicyclic amines) is 1. The second-order valence-corrected chi connectivity index (χ2v) is 12.2. The molecule has 3 unspecified atom stereocenters. The van der Waals surface area contributed by atoms with Crippen molar-refractivity contribution in [3.8, 4) is 5.75 Å². The number of carbonyl (C=O) groups excluding carboxylic acids is 3. The van der Waals surface area contributed by atoms with E-state index in [2.05, 4.69) is 10.6 Å². The van der Waals surface area contributed by atoms with Gasteiger partial charge in [0, 0.05) is 24.4 Å². The molecule has 6 atom stereocenters. The summed E-state index contributed by atoms with van der Waals surface area (Å²) in [6.45, 7) is 12.6. The quantitative estimate of drug-likeness (QED) is 0.401. The molecule has 38 heavy (non-hydrogen) atoms. The molecule has 1 spiro atoms. The summed E-state index contributed by atoms with van der Waals surface area (Å²) in [5.41, 5.74) is -1.83. The zero-order chi connectivity index (χ0) is 27.9. The standard InChI is InChI=1S/C29H43N3O6/c1-7-37-20-13-11-19(12-14-20)30-24(34)21-22-26(36)32(15-9-8-10-16-33)23(25(35)31-27(3,4)5)29(22)17-18(2)28(21,6)38-29/h11-14,18,21-23,33H,7-10,15-17H2,1-6H3,(H,30,34)(H,31,35)/t18?,21-,22+,23?,28+,29?/m1/s1. The van der Waals surface area contributed by atoms with Gasteiger partial charge in [0.1, 0.15) is 17.4 Å². The van der Waals surface area contributed by atoms with Crippen molar-refractivity contribution < 1.29 is 29.0 Å². The Hall–Kier alpha value is -2.65. The van der Waals surface area contributed by atoms with Crippen molar-refractivity contribution in [2.45, 2.75) is 90.0 Å². The van der Waals surface area contributed by atoms with Crippen LogP contribution < -0.4 is 15.4 Å². The highest BCUT2D eigenvalue weighted by atomic mass is 16.5. The number of anilines is 1. The molecular weight excluding hydrogens is 486 g/mol. The molecule has 3 N–H and O–H groups in total. The third-order valence-corrected chi connectivity index (χ3v) is 8.33. The molecule has 3 heterocycles. The minimum atomic E-state index is -1.07. The number of unbranched alkanes of at least 4 members (excludes halogenated alkanes) is 2. The van der Waals surface area contributed by atoms with E-state index in [1.165, 1.54) is 0 Å². The van der Waals surface area contributed by atoms with Gasteiger partial charge in [-0.3, -0.25) is 14.4 Å². The smallest absolute Gasteiger partial charge is 0.246 e. The zero-order valence-electron chi connectivity index (χ0n) is 23.5.